The van der Waals surface area contributed by atoms with Gasteiger partial charge in [-0.2, -0.15) is 0 Å². The highest BCUT2D eigenvalue weighted by molar-refractivity contribution is 7.23. The maximum absolute atomic E-state index is 11.0. The van der Waals surface area contributed by atoms with Crippen LogP contribution in [0.3, 0.4) is 0 Å². The zero-order chi connectivity index (χ0) is 10.4. The number of nitrogens with two attached hydrogens (primary N) is 1. The predicted octanol–water partition coefficient (Wildman–Crippen LogP) is 1.65. The first-order valence-electron chi connectivity index (χ1n) is 4.41. The minimum atomic E-state index is -0.406. The molecule has 2 aromatic heterocycles. The molecule has 2 N–H and O–H groups in total. The summed E-state index contributed by atoms with van der Waals surface area (Å²) in [5, 5.41) is 0. The maximum atomic E-state index is 11.0. The Balaban J connectivity index is 2.44. The van der Waals surface area contributed by atoms with Gasteiger partial charge in [-0.05, 0) is 18.2 Å². The predicted molar refractivity (Wildman–Crippen MR) is 59.1 cm³/mol. The van der Waals surface area contributed by atoms with Gasteiger partial charge in [0.2, 0.25) is 5.91 Å². The molecule has 4 nitrogen and oxygen atoms in total. The van der Waals surface area contributed by atoms with E-state index in [0.29, 0.717) is 5.56 Å². The molecule has 0 atom stereocenters. The Kier molecular flexibility index (Phi) is 1.58. The SMILES string of the molecule is NC(=O)c1ccc2sc3nccn3c2c1. The molecule has 5 heteroatoms. The van der Waals surface area contributed by atoms with Crippen LogP contribution >= 0.6 is 11.3 Å². The Labute approximate surface area is 89.0 Å². The van der Waals surface area contributed by atoms with E-state index in [0.717, 1.165) is 15.2 Å². The zero-order valence-corrected chi connectivity index (χ0v) is 8.49. The van der Waals surface area contributed by atoms with Crippen LogP contribution < -0.4 is 5.73 Å². The van der Waals surface area contributed by atoms with Crippen molar-refractivity contribution in [1.82, 2.24) is 9.38 Å². The van der Waals surface area contributed by atoms with Crippen molar-refractivity contribution in [3.8, 4) is 0 Å². The largest absolute Gasteiger partial charge is 0.366 e. The molecule has 15 heavy (non-hydrogen) atoms. The highest BCUT2D eigenvalue weighted by Crippen LogP contribution is 2.25. The van der Waals surface area contributed by atoms with E-state index in [1.54, 1.807) is 29.7 Å². The van der Waals surface area contributed by atoms with Crippen LogP contribution in [-0.4, -0.2) is 15.3 Å². The van der Waals surface area contributed by atoms with Gasteiger partial charge in [-0.1, -0.05) is 11.3 Å². The monoisotopic (exact) mass is 217 g/mol. The quantitative estimate of drug-likeness (QED) is 0.673. The van der Waals surface area contributed by atoms with E-state index >= 15 is 0 Å². The number of fused-ring (bicyclic) bond motifs is 3. The van der Waals surface area contributed by atoms with Crippen molar-refractivity contribution in [1.29, 1.82) is 0 Å². The Morgan fingerprint density at radius 3 is 3.13 bits per heavy atom. The summed E-state index contributed by atoms with van der Waals surface area (Å²) in [6, 6.07) is 5.43. The Hall–Kier alpha value is -1.88. The van der Waals surface area contributed by atoms with Crippen molar-refractivity contribution < 1.29 is 4.79 Å². The van der Waals surface area contributed by atoms with Gasteiger partial charge in [0.25, 0.3) is 0 Å². The molecule has 74 valence electrons. The molecule has 0 bridgehead atoms. The first kappa shape index (κ1) is 8.43. The van der Waals surface area contributed by atoms with E-state index in [4.69, 9.17) is 5.73 Å². The van der Waals surface area contributed by atoms with E-state index in [-0.39, 0.29) is 0 Å². The highest BCUT2D eigenvalue weighted by Gasteiger charge is 2.07. The number of benzene rings is 1. The summed E-state index contributed by atoms with van der Waals surface area (Å²) < 4.78 is 3.05. The molecule has 0 saturated heterocycles. The van der Waals surface area contributed by atoms with E-state index in [1.165, 1.54) is 0 Å². The lowest BCUT2D eigenvalue weighted by Crippen LogP contribution is -2.10. The first-order valence-corrected chi connectivity index (χ1v) is 5.23. The van der Waals surface area contributed by atoms with Crippen LogP contribution in [0.4, 0.5) is 0 Å². The molecule has 2 heterocycles. The molecule has 3 rings (SSSR count). The number of amides is 1. The van der Waals surface area contributed by atoms with Crippen LogP contribution in [0.1, 0.15) is 10.4 Å². The zero-order valence-electron chi connectivity index (χ0n) is 7.68. The Morgan fingerprint density at radius 1 is 1.47 bits per heavy atom. The topological polar surface area (TPSA) is 60.4 Å². The van der Waals surface area contributed by atoms with E-state index in [1.807, 2.05) is 16.7 Å². The molecule has 0 saturated carbocycles. The van der Waals surface area contributed by atoms with Crippen LogP contribution in [0.25, 0.3) is 15.2 Å². The molecule has 3 aromatic rings. The molecule has 0 aliphatic carbocycles. The minimum Gasteiger partial charge on any atom is -0.366 e. The number of aromatic nitrogens is 2. The number of imidazole rings is 1. The van der Waals surface area contributed by atoms with Crippen molar-refractivity contribution in [2.45, 2.75) is 0 Å². The average Bonchev–Trinajstić information content (AvgIpc) is 2.75. The van der Waals surface area contributed by atoms with Crippen molar-refractivity contribution in [3.05, 3.63) is 36.2 Å². The van der Waals surface area contributed by atoms with Crippen LogP contribution in [0.15, 0.2) is 30.6 Å². The molecule has 0 unspecified atom stereocenters. The molecule has 0 aliphatic heterocycles. The fourth-order valence-corrected chi connectivity index (χ4v) is 2.56. The van der Waals surface area contributed by atoms with Crippen LogP contribution in [-0.2, 0) is 0 Å². The molecule has 0 fully saturated rings. The maximum Gasteiger partial charge on any atom is 0.248 e. The minimum absolute atomic E-state index is 0.406. The van der Waals surface area contributed by atoms with Gasteiger partial charge in [-0.3, -0.25) is 9.20 Å². The molecule has 0 radical (unpaired) electrons. The molecule has 1 amide bonds. The lowest BCUT2D eigenvalue weighted by Gasteiger charge is -1.95. The molecule has 1 aromatic carbocycles. The second kappa shape index (κ2) is 2.80. The van der Waals surface area contributed by atoms with Gasteiger partial charge in [0, 0.05) is 18.0 Å². The lowest BCUT2D eigenvalue weighted by molar-refractivity contribution is 0.100. The van der Waals surface area contributed by atoms with Crippen molar-refractivity contribution in [2.75, 3.05) is 0 Å². The highest BCUT2D eigenvalue weighted by atomic mass is 32.1. The summed E-state index contributed by atoms with van der Waals surface area (Å²) in [5.74, 6) is -0.406. The van der Waals surface area contributed by atoms with Crippen molar-refractivity contribution >= 4 is 32.4 Å². The number of primary amides is 1. The number of thiazole rings is 1. The third-order valence-corrected chi connectivity index (χ3v) is 3.36. The second-order valence-corrected chi connectivity index (χ2v) is 4.24. The third-order valence-electron chi connectivity index (χ3n) is 2.31. The molecular formula is C10H7N3OS. The number of nitrogens with zero attached hydrogens (tertiary/aromatic N) is 2. The van der Waals surface area contributed by atoms with Gasteiger partial charge in [0.05, 0.1) is 10.2 Å². The van der Waals surface area contributed by atoms with Gasteiger partial charge < -0.3 is 5.73 Å². The fourth-order valence-electron chi connectivity index (χ4n) is 1.59. The van der Waals surface area contributed by atoms with E-state index in [9.17, 15) is 4.79 Å². The number of hydrogen-bond donors (Lipinski definition) is 1. The standard InChI is InChI=1S/C10H7N3OS/c11-9(14)6-1-2-8-7(5-6)13-4-3-12-10(13)15-8/h1-5H,(H2,11,14). The number of carbonyl (C=O) groups excluding carboxylic acids is 1. The Morgan fingerprint density at radius 2 is 2.33 bits per heavy atom. The van der Waals surface area contributed by atoms with E-state index in [2.05, 4.69) is 4.98 Å². The lowest BCUT2D eigenvalue weighted by atomic mass is 10.2. The number of rotatable bonds is 1. The summed E-state index contributed by atoms with van der Waals surface area (Å²) in [7, 11) is 0. The van der Waals surface area contributed by atoms with Gasteiger partial charge in [-0.25, -0.2) is 4.98 Å². The van der Waals surface area contributed by atoms with Gasteiger partial charge in [-0.15, -0.1) is 0 Å². The first-order chi connectivity index (χ1) is 7.25. The average molecular weight is 217 g/mol. The van der Waals surface area contributed by atoms with Crippen LogP contribution in [0.5, 0.6) is 0 Å². The van der Waals surface area contributed by atoms with Crippen molar-refractivity contribution in [3.63, 3.8) is 0 Å². The molecule has 0 aliphatic rings. The molecule has 0 spiro atoms. The summed E-state index contributed by atoms with van der Waals surface area (Å²) in [4.78, 5) is 16.2. The molecular weight excluding hydrogens is 210 g/mol. The number of hydrogen-bond acceptors (Lipinski definition) is 3. The van der Waals surface area contributed by atoms with Crippen molar-refractivity contribution in [2.24, 2.45) is 5.73 Å². The second-order valence-electron chi connectivity index (χ2n) is 3.23. The van der Waals surface area contributed by atoms with Gasteiger partial charge >= 0.3 is 0 Å². The summed E-state index contributed by atoms with van der Waals surface area (Å²) in [5.41, 5.74) is 6.73. The van der Waals surface area contributed by atoms with Crippen LogP contribution in [0.2, 0.25) is 0 Å². The third kappa shape index (κ3) is 1.13. The fraction of sp³-hybridized carbons (Fsp3) is 0. The van der Waals surface area contributed by atoms with Gasteiger partial charge in [0.1, 0.15) is 0 Å². The summed E-state index contributed by atoms with van der Waals surface area (Å²) >= 11 is 1.59. The summed E-state index contributed by atoms with van der Waals surface area (Å²) in [6.07, 6.45) is 3.61. The number of carbonyl (C=O) groups is 1. The Bertz CT molecular complexity index is 667. The van der Waals surface area contributed by atoms with E-state index < -0.39 is 5.91 Å². The normalized spacial score (nSPS) is 11.2. The van der Waals surface area contributed by atoms with Crippen LogP contribution in [0, 0.1) is 0 Å². The van der Waals surface area contributed by atoms with Gasteiger partial charge in [0.15, 0.2) is 4.96 Å². The smallest absolute Gasteiger partial charge is 0.248 e. The summed E-state index contributed by atoms with van der Waals surface area (Å²) in [6.45, 7) is 0.